The van der Waals surface area contributed by atoms with Crippen molar-refractivity contribution in [2.24, 2.45) is 5.73 Å². The van der Waals surface area contributed by atoms with E-state index in [4.69, 9.17) is 20.8 Å². The smallest absolute Gasteiger partial charge is 0.333 e. The Morgan fingerprint density at radius 2 is 0.957 bits per heavy atom. The number of amides is 6. The largest absolute Gasteiger partial charge is 0.481 e. The number of imide groups is 3. The van der Waals surface area contributed by atoms with E-state index in [-0.39, 0.29) is 55.7 Å². The highest BCUT2D eigenvalue weighted by molar-refractivity contribution is 6.13. The maximum atomic E-state index is 11.5. The molecule has 16 nitrogen and oxygen atoms in total. The first-order valence-electron chi connectivity index (χ1n) is 15.1. The number of unbranched alkanes of at least 4 members (excludes halogenated alkanes) is 6. The summed E-state index contributed by atoms with van der Waals surface area (Å²) in [4.78, 5) is 106. The maximum absolute atomic E-state index is 11.5. The van der Waals surface area contributed by atoms with Gasteiger partial charge in [-0.3, -0.25) is 48.2 Å². The topological polar surface area (TPSA) is 239 Å². The summed E-state index contributed by atoms with van der Waals surface area (Å²) in [6.07, 6.45) is 11.8. The first-order chi connectivity index (χ1) is 21.9. The molecule has 4 N–H and O–H groups in total. The second-order valence-electron chi connectivity index (χ2n) is 10.4. The average Bonchev–Trinajstić information content (AvgIpc) is 3.62. The molecule has 0 radical (unpaired) electrons. The lowest BCUT2D eigenvalue weighted by Gasteiger charge is -2.14. The van der Waals surface area contributed by atoms with Gasteiger partial charge >= 0.3 is 17.9 Å². The third-order valence-electron chi connectivity index (χ3n) is 6.63. The monoisotopic (exact) mass is 650 g/mol. The molecule has 0 aromatic carbocycles. The quantitative estimate of drug-likeness (QED) is 0.140. The lowest BCUT2D eigenvalue weighted by atomic mass is 10.2. The van der Waals surface area contributed by atoms with E-state index < -0.39 is 29.7 Å². The predicted molar refractivity (Wildman–Crippen MR) is 159 cm³/mol. The van der Waals surface area contributed by atoms with Crippen molar-refractivity contribution in [3.8, 4) is 0 Å². The van der Waals surface area contributed by atoms with Crippen LogP contribution in [0.2, 0.25) is 0 Å². The highest BCUT2D eigenvalue weighted by Gasteiger charge is 2.32. The normalized spacial score (nSPS) is 15.3. The van der Waals surface area contributed by atoms with E-state index in [2.05, 4.69) is 0 Å². The van der Waals surface area contributed by atoms with Crippen molar-refractivity contribution in [2.45, 2.75) is 89.9 Å². The Bertz CT molecular complexity index is 1140. The van der Waals surface area contributed by atoms with E-state index in [0.717, 1.165) is 24.2 Å². The van der Waals surface area contributed by atoms with Gasteiger partial charge in [0.15, 0.2) is 0 Å². The number of hydroxylamine groups is 2. The number of rotatable bonds is 18. The molecule has 0 unspecified atom stereocenters. The minimum Gasteiger partial charge on any atom is -0.481 e. The number of aliphatic carboxylic acids is 2. The Labute approximate surface area is 266 Å². The van der Waals surface area contributed by atoms with Crippen molar-refractivity contribution in [2.75, 3.05) is 19.6 Å². The van der Waals surface area contributed by atoms with E-state index in [1.165, 1.54) is 29.2 Å². The molecule has 3 heterocycles. The number of nitrogens with zero attached hydrogens (tertiary/aromatic N) is 3. The summed E-state index contributed by atoms with van der Waals surface area (Å²) >= 11 is 0. The van der Waals surface area contributed by atoms with Gasteiger partial charge in [0.05, 0.1) is 0 Å². The molecule has 3 rings (SSSR count). The summed E-state index contributed by atoms with van der Waals surface area (Å²) in [5.74, 6) is -4.38. The van der Waals surface area contributed by atoms with Crippen molar-refractivity contribution >= 4 is 53.4 Å². The zero-order valence-electron chi connectivity index (χ0n) is 25.7. The summed E-state index contributed by atoms with van der Waals surface area (Å²) in [6, 6.07) is 0. The minimum absolute atomic E-state index is 0.0667. The average molecular weight is 651 g/mol. The molecule has 3 aliphatic rings. The van der Waals surface area contributed by atoms with Crippen molar-refractivity contribution in [3.05, 3.63) is 24.3 Å². The van der Waals surface area contributed by atoms with Gasteiger partial charge in [0.2, 0.25) is 0 Å². The van der Waals surface area contributed by atoms with Gasteiger partial charge in [0, 0.05) is 69.5 Å². The molecule has 0 spiro atoms. The van der Waals surface area contributed by atoms with Crippen LogP contribution in [0.1, 0.15) is 89.9 Å². The molecule has 3 aliphatic heterocycles. The van der Waals surface area contributed by atoms with Crippen molar-refractivity contribution in [1.82, 2.24) is 14.9 Å². The first kappa shape index (κ1) is 39.3. The van der Waals surface area contributed by atoms with E-state index in [0.29, 0.717) is 63.2 Å². The van der Waals surface area contributed by atoms with Crippen LogP contribution in [0.5, 0.6) is 0 Å². The van der Waals surface area contributed by atoms with Crippen molar-refractivity contribution in [3.63, 3.8) is 0 Å². The molecule has 254 valence electrons. The van der Waals surface area contributed by atoms with Crippen molar-refractivity contribution in [1.29, 1.82) is 0 Å². The summed E-state index contributed by atoms with van der Waals surface area (Å²) in [6.45, 7) is 1.35. The second-order valence-corrected chi connectivity index (χ2v) is 10.4. The van der Waals surface area contributed by atoms with Crippen LogP contribution in [-0.4, -0.2) is 98.1 Å². The van der Waals surface area contributed by atoms with Crippen LogP contribution in [0.4, 0.5) is 0 Å². The number of nitrogens with two attached hydrogens (primary N) is 1. The summed E-state index contributed by atoms with van der Waals surface area (Å²) < 4.78 is 0. The number of carboxylic acid groups (broad SMARTS) is 2. The molecule has 0 saturated carbocycles. The molecular formula is C30H42N4O12. The Balaban J connectivity index is 0.000000381. The van der Waals surface area contributed by atoms with Crippen LogP contribution in [0, 0.1) is 0 Å². The van der Waals surface area contributed by atoms with Crippen LogP contribution < -0.4 is 5.73 Å². The Hall–Kier alpha value is -4.73. The maximum Gasteiger partial charge on any atom is 0.333 e. The molecule has 46 heavy (non-hydrogen) atoms. The molecule has 0 bridgehead atoms. The molecule has 6 amide bonds. The van der Waals surface area contributed by atoms with Crippen LogP contribution >= 0.6 is 0 Å². The molecule has 16 heteroatoms. The summed E-state index contributed by atoms with van der Waals surface area (Å²) in [7, 11) is 0. The number of carboxylic acids is 2. The van der Waals surface area contributed by atoms with Gasteiger partial charge in [-0.15, -0.1) is 5.06 Å². The van der Waals surface area contributed by atoms with Gasteiger partial charge in [0.1, 0.15) is 0 Å². The minimum atomic E-state index is -0.815. The molecule has 0 aromatic heterocycles. The Kier molecular flexibility index (Phi) is 18.7. The molecule has 1 fully saturated rings. The Morgan fingerprint density at radius 3 is 1.33 bits per heavy atom. The Morgan fingerprint density at radius 1 is 0.587 bits per heavy atom. The SMILES string of the molecule is NCCCCCC(=O)O.O=C(CCCCCN1C(=O)C=CC1=O)ON1C(=O)CCC1=O.O=C(O)CCCCCN1C(=O)C=CC1=O. The third-order valence-corrected chi connectivity index (χ3v) is 6.63. The fraction of sp³-hybridized carbons (Fsp3) is 0.567. The molecule has 0 atom stereocenters. The van der Waals surface area contributed by atoms with Gasteiger partial charge in [-0.1, -0.05) is 19.3 Å². The highest BCUT2D eigenvalue weighted by Crippen LogP contribution is 2.14. The van der Waals surface area contributed by atoms with Crippen LogP contribution in [-0.2, 0) is 48.0 Å². The van der Waals surface area contributed by atoms with Crippen LogP contribution in [0.25, 0.3) is 0 Å². The van der Waals surface area contributed by atoms with Crippen LogP contribution in [0.3, 0.4) is 0 Å². The zero-order valence-corrected chi connectivity index (χ0v) is 25.7. The van der Waals surface area contributed by atoms with Gasteiger partial charge in [-0.05, 0) is 45.1 Å². The lowest BCUT2D eigenvalue weighted by molar-refractivity contribution is -0.197. The third kappa shape index (κ3) is 15.8. The summed E-state index contributed by atoms with van der Waals surface area (Å²) in [5, 5.41) is 17.1. The fourth-order valence-corrected chi connectivity index (χ4v) is 4.14. The highest BCUT2D eigenvalue weighted by atomic mass is 16.7. The van der Waals surface area contributed by atoms with E-state index >= 15 is 0 Å². The second kappa shape index (κ2) is 21.9. The van der Waals surface area contributed by atoms with Gasteiger partial charge in [-0.2, -0.15) is 0 Å². The van der Waals surface area contributed by atoms with Gasteiger partial charge in [-0.25, -0.2) is 4.79 Å². The number of hydrogen-bond acceptors (Lipinski definition) is 11. The first-order valence-corrected chi connectivity index (χ1v) is 15.1. The van der Waals surface area contributed by atoms with Crippen LogP contribution in [0.15, 0.2) is 24.3 Å². The van der Waals surface area contributed by atoms with E-state index in [9.17, 15) is 43.2 Å². The van der Waals surface area contributed by atoms with Gasteiger partial charge in [0.25, 0.3) is 35.4 Å². The zero-order chi connectivity index (χ0) is 34.5. The van der Waals surface area contributed by atoms with Crippen molar-refractivity contribution < 1.29 is 58.2 Å². The number of carbonyl (C=O) groups excluding carboxylic acids is 7. The molecule has 0 aromatic rings. The number of hydrogen-bond donors (Lipinski definition) is 3. The standard InChI is InChI=1S/C14H16N2O6.C10H13NO4.C6H13NO2/c17-10-5-6-11(18)15(10)9-3-1-2-4-14(21)22-16-12(19)7-8-13(16)20;12-8-5-6-9(13)11(8)7-3-1-2-4-10(14)15;7-5-3-1-2-4-6(8)9/h5-6H,1-4,7-9H2;5-6H,1-4,7H2,(H,14,15);1-5,7H2,(H,8,9). The summed E-state index contributed by atoms with van der Waals surface area (Å²) in [5.41, 5.74) is 5.20. The van der Waals surface area contributed by atoms with E-state index in [1.807, 2.05) is 0 Å². The molecule has 1 saturated heterocycles. The van der Waals surface area contributed by atoms with Gasteiger partial charge < -0.3 is 20.8 Å². The predicted octanol–water partition coefficient (Wildman–Crippen LogP) is 1.23. The number of carbonyl (C=O) groups is 9. The fourth-order valence-electron chi connectivity index (χ4n) is 4.14. The lowest BCUT2D eigenvalue weighted by Crippen LogP contribution is -2.32. The molecule has 0 aliphatic carbocycles. The molecular weight excluding hydrogens is 608 g/mol. The van der Waals surface area contributed by atoms with E-state index in [1.54, 1.807) is 0 Å².